The van der Waals surface area contributed by atoms with E-state index in [0.717, 1.165) is 49.0 Å². The number of aliphatic hydroxyl groups is 1. The van der Waals surface area contributed by atoms with Gasteiger partial charge in [-0.3, -0.25) is 4.90 Å². The molecule has 0 unspecified atom stereocenters. The number of hydrogen-bond donors (Lipinski definition) is 2. The number of anilines is 1. The Balaban J connectivity index is 1.55. The molecule has 1 aliphatic heterocycles. The maximum absolute atomic E-state index is 9.48. The van der Waals surface area contributed by atoms with Crippen molar-refractivity contribution in [1.82, 2.24) is 14.9 Å². The Hall–Kier alpha value is -1.63. The summed E-state index contributed by atoms with van der Waals surface area (Å²) in [6, 6.07) is 11.0. The number of aliphatic hydroxyl groups excluding tert-OH is 1. The summed E-state index contributed by atoms with van der Waals surface area (Å²) in [5.41, 5.74) is 2.13. The van der Waals surface area contributed by atoms with E-state index < -0.39 is 0 Å². The van der Waals surface area contributed by atoms with Gasteiger partial charge < -0.3 is 10.4 Å². The average molecular weight is 344 g/mol. The highest BCUT2D eigenvalue weighted by Crippen LogP contribution is 2.21. The van der Waals surface area contributed by atoms with Gasteiger partial charge in [0.2, 0.25) is 0 Å². The Morgan fingerprint density at radius 2 is 2.00 bits per heavy atom. The van der Waals surface area contributed by atoms with Crippen LogP contribution in [-0.4, -0.2) is 45.4 Å². The minimum atomic E-state index is -0.0379. The van der Waals surface area contributed by atoms with E-state index in [1.807, 2.05) is 6.26 Å². The van der Waals surface area contributed by atoms with Gasteiger partial charge in [0.25, 0.3) is 0 Å². The number of thioether (sulfide) groups is 1. The van der Waals surface area contributed by atoms with E-state index in [1.54, 1.807) is 6.20 Å². The Labute approximate surface area is 147 Å². The van der Waals surface area contributed by atoms with Crippen LogP contribution in [0.4, 0.5) is 5.82 Å². The molecular weight excluding hydrogens is 320 g/mol. The summed E-state index contributed by atoms with van der Waals surface area (Å²) in [6.07, 6.45) is 5.83. The smallest absolute Gasteiger partial charge is 0.189 e. The lowest BCUT2D eigenvalue weighted by Gasteiger charge is -2.33. The van der Waals surface area contributed by atoms with Crippen LogP contribution >= 0.6 is 11.8 Å². The van der Waals surface area contributed by atoms with Crippen molar-refractivity contribution in [2.45, 2.75) is 37.2 Å². The molecule has 1 saturated heterocycles. The van der Waals surface area contributed by atoms with Crippen LogP contribution in [0.1, 0.15) is 24.0 Å². The molecule has 2 N–H and O–H groups in total. The molecule has 3 rings (SSSR count). The first-order valence-electron chi connectivity index (χ1n) is 8.32. The van der Waals surface area contributed by atoms with E-state index in [9.17, 15) is 5.11 Å². The second-order valence-electron chi connectivity index (χ2n) is 6.07. The zero-order chi connectivity index (χ0) is 16.8. The summed E-state index contributed by atoms with van der Waals surface area (Å²) in [5, 5.41) is 13.7. The van der Waals surface area contributed by atoms with E-state index in [2.05, 4.69) is 50.5 Å². The van der Waals surface area contributed by atoms with Gasteiger partial charge in [0.1, 0.15) is 5.82 Å². The molecule has 1 aromatic heterocycles. The topological polar surface area (TPSA) is 61.3 Å². The summed E-state index contributed by atoms with van der Waals surface area (Å²) in [5.74, 6) is 0.776. The van der Waals surface area contributed by atoms with Crippen LogP contribution in [0.15, 0.2) is 41.7 Å². The maximum Gasteiger partial charge on any atom is 0.189 e. The van der Waals surface area contributed by atoms with Crippen molar-refractivity contribution >= 4 is 17.6 Å². The van der Waals surface area contributed by atoms with Crippen molar-refractivity contribution in [3.63, 3.8) is 0 Å². The lowest BCUT2D eigenvalue weighted by atomic mass is 10.0. The molecule has 0 radical (unpaired) electrons. The molecule has 0 atom stereocenters. The van der Waals surface area contributed by atoms with Crippen molar-refractivity contribution < 1.29 is 5.11 Å². The van der Waals surface area contributed by atoms with Gasteiger partial charge in [-0.05, 0) is 24.7 Å². The number of nitrogens with one attached hydrogen (secondary N) is 1. The molecule has 2 heterocycles. The van der Waals surface area contributed by atoms with E-state index in [1.165, 1.54) is 17.3 Å². The van der Waals surface area contributed by atoms with Crippen molar-refractivity contribution in [3.05, 3.63) is 47.7 Å². The highest BCUT2D eigenvalue weighted by Gasteiger charge is 2.20. The molecule has 0 bridgehead atoms. The number of rotatable bonds is 6. The van der Waals surface area contributed by atoms with Crippen molar-refractivity contribution in [3.8, 4) is 0 Å². The van der Waals surface area contributed by atoms with Gasteiger partial charge in [-0.2, -0.15) is 0 Å². The zero-order valence-corrected chi connectivity index (χ0v) is 14.8. The Morgan fingerprint density at radius 3 is 2.67 bits per heavy atom. The first kappa shape index (κ1) is 17.2. The molecule has 1 fully saturated rings. The van der Waals surface area contributed by atoms with Crippen LogP contribution in [-0.2, 0) is 13.2 Å². The summed E-state index contributed by atoms with van der Waals surface area (Å²) in [7, 11) is 0. The third-order valence-corrected chi connectivity index (χ3v) is 4.93. The number of likely N-dealkylation sites (tertiary alicyclic amines) is 1. The highest BCUT2D eigenvalue weighted by atomic mass is 32.2. The van der Waals surface area contributed by atoms with E-state index in [4.69, 9.17) is 0 Å². The molecule has 0 amide bonds. The lowest BCUT2D eigenvalue weighted by molar-refractivity contribution is 0.211. The number of aromatic nitrogens is 2. The predicted octanol–water partition coefficient (Wildman–Crippen LogP) is 2.77. The van der Waals surface area contributed by atoms with Crippen molar-refractivity contribution in [1.29, 1.82) is 0 Å². The molecule has 0 spiro atoms. The highest BCUT2D eigenvalue weighted by molar-refractivity contribution is 7.98. The van der Waals surface area contributed by atoms with Crippen LogP contribution < -0.4 is 5.32 Å². The fraction of sp³-hybridized carbons (Fsp3) is 0.444. The zero-order valence-electron chi connectivity index (χ0n) is 14.0. The minimum Gasteiger partial charge on any atom is -0.391 e. The van der Waals surface area contributed by atoms with Crippen LogP contribution in [0, 0.1) is 0 Å². The van der Waals surface area contributed by atoms with Crippen LogP contribution in [0.25, 0.3) is 0 Å². The molecule has 6 heteroatoms. The third kappa shape index (κ3) is 4.47. The van der Waals surface area contributed by atoms with Crippen molar-refractivity contribution in [2.24, 2.45) is 0 Å². The molecule has 0 aliphatic carbocycles. The fourth-order valence-electron chi connectivity index (χ4n) is 3.00. The molecule has 2 aromatic rings. The van der Waals surface area contributed by atoms with Gasteiger partial charge in [0, 0.05) is 37.4 Å². The number of piperidine rings is 1. The first-order valence-corrected chi connectivity index (χ1v) is 9.54. The quantitative estimate of drug-likeness (QED) is 0.621. The van der Waals surface area contributed by atoms with Crippen LogP contribution in [0.5, 0.6) is 0 Å². The molecule has 24 heavy (non-hydrogen) atoms. The monoisotopic (exact) mass is 344 g/mol. The molecule has 1 aliphatic rings. The molecule has 128 valence electrons. The summed E-state index contributed by atoms with van der Waals surface area (Å²) < 4.78 is 0. The van der Waals surface area contributed by atoms with Crippen LogP contribution in [0.2, 0.25) is 0 Å². The number of hydrogen-bond acceptors (Lipinski definition) is 6. The SMILES string of the molecule is CSc1ncc(CO)c(NC2CCN(Cc3ccccc3)CC2)n1. The Kier molecular flexibility index (Phi) is 6.07. The molecule has 0 saturated carbocycles. The van der Waals surface area contributed by atoms with E-state index in [-0.39, 0.29) is 6.61 Å². The number of benzene rings is 1. The van der Waals surface area contributed by atoms with E-state index in [0.29, 0.717) is 6.04 Å². The van der Waals surface area contributed by atoms with Gasteiger partial charge in [-0.1, -0.05) is 42.1 Å². The van der Waals surface area contributed by atoms with Gasteiger partial charge in [-0.25, -0.2) is 9.97 Å². The number of nitrogens with zero attached hydrogens (tertiary/aromatic N) is 3. The van der Waals surface area contributed by atoms with Crippen molar-refractivity contribution in [2.75, 3.05) is 24.7 Å². The van der Waals surface area contributed by atoms with E-state index >= 15 is 0 Å². The summed E-state index contributed by atoms with van der Waals surface area (Å²) in [4.78, 5) is 11.2. The average Bonchev–Trinajstić information content (AvgIpc) is 2.64. The van der Waals surface area contributed by atoms with Gasteiger partial charge in [0.05, 0.1) is 6.61 Å². The Bertz CT molecular complexity index is 645. The van der Waals surface area contributed by atoms with Gasteiger partial charge >= 0.3 is 0 Å². The molecular formula is C18H24N4OS. The standard InChI is InChI=1S/C18H24N4OS/c1-24-18-19-11-15(13-23)17(21-18)20-16-7-9-22(10-8-16)12-14-5-3-2-4-6-14/h2-6,11,16,23H,7-10,12-13H2,1H3,(H,19,20,21). The molecule has 5 nitrogen and oxygen atoms in total. The largest absolute Gasteiger partial charge is 0.391 e. The summed E-state index contributed by atoms with van der Waals surface area (Å²) in [6.45, 7) is 3.12. The summed E-state index contributed by atoms with van der Waals surface area (Å²) >= 11 is 1.51. The second-order valence-corrected chi connectivity index (χ2v) is 6.84. The predicted molar refractivity (Wildman–Crippen MR) is 98.1 cm³/mol. The third-order valence-electron chi connectivity index (χ3n) is 4.37. The second kappa shape index (κ2) is 8.46. The maximum atomic E-state index is 9.48. The van der Waals surface area contributed by atoms with Gasteiger partial charge in [0.15, 0.2) is 5.16 Å². The minimum absolute atomic E-state index is 0.0379. The van der Waals surface area contributed by atoms with Crippen LogP contribution in [0.3, 0.4) is 0 Å². The lowest BCUT2D eigenvalue weighted by Crippen LogP contribution is -2.39. The molecule has 1 aromatic carbocycles. The normalized spacial score (nSPS) is 16.2. The van der Waals surface area contributed by atoms with Gasteiger partial charge in [-0.15, -0.1) is 0 Å². The fourth-order valence-corrected chi connectivity index (χ4v) is 3.34. The Morgan fingerprint density at radius 1 is 1.25 bits per heavy atom. The first-order chi connectivity index (χ1) is 11.8.